The lowest BCUT2D eigenvalue weighted by Crippen LogP contribution is -1.72. The van der Waals surface area contributed by atoms with Crippen molar-refractivity contribution in [1.29, 1.82) is 0 Å². The molecule has 2 aromatic carbocycles. The van der Waals surface area contributed by atoms with Gasteiger partial charge in [-0.1, -0.05) is 51.0 Å². The minimum atomic E-state index is 1.34. The number of rotatable bonds is 0. The molecule has 1 heterocycles. The van der Waals surface area contributed by atoms with Crippen molar-refractivity contribution in [3.63, 3.8) is 0 Å². The fourth-order valence-electron chi connectivity index (χ4n) is 2.01. The molecule has 0 N–H and O–H groups in total. The van der Waals surface area contributed by atoms with Crippen molar-refractivity contribution in [1.82, 2.24) is 0 Å². The van der Waals surface area contributed by atoms with Gasteiger partial charge in [-0.15, -0.1) is 11.3 Å². The highest BCUT2D eigenvalue weighted by Crippen LogP contribution is 2.34. The quantitative estimate of drug-likeness (QED) is 0.426. The van der Waals surface area contributed by atoms with Crippen molar-refractivity contribution in [2.75, 3.05) is 0 Å². The molecule has 0 bridgehead atoms. The molecule has 0 saturated carbocycles. The number of hydrogen-bond donors (Lipinski definition) is 0. The zero-order valence-electron chi connectivity index (χ0n) is 12.9. The minimum Gasteiger partial charge on any atom is -0.135 e. The van der Waals surface area contributed by atoms with Gasteiger partial charge >= 0.3 is 0 Å². The second kappa shape index (κ2) is 7.30. The van der Waals surface area contributed by atoms with E-state index < -0.39 is 0 Å². The predicted molar refractivity (Wildman–Crippen MR) is 91.5 cm³/mol. The lowest BCUT2D eigenvalue weighted by molar-refractivity contribution is 1.50. The Balaban J connectivity index is 0.000000415. The van der Waals surface area contributed by atoms with Crippen LogP contribution in [-0.4, -0.2) is 0 Å². The molecule has 0 aliphatic heterocycles. The van der Waals surface area contributed by atoms with Gasteiger partial charge in [-0.2, -0.15) is 0 Å². The summed E-state index contributed by atoms with van der Waals surface area (Å²) >= 11 is 1.88. The standard InChI is InChI=1S/C14H12S.2C2H6/c1-9-3-5-13-11(7-9)12-8-10(2)4-6-14(12)15-13;2*1-2/h3-8H,1-2H3;2*1-2H3. The summed E-state index contributed by atoms with van der Waals surface area (Å²) in [7, 11) is 0. The van der Waals surface area contributed by atoms with E-state index in [0.717, 1.165) is 0 Å². The molecule has 1 heteroatoms. The van der Waals surface area contributed by atoms with Crippen molar-refractivity contribution < 1.29 is 0 Å². The van der Waals surface area contributed by atoms with Gasteiger partial charge in [0.2, 0.25) is 0 Å². The highest BCUT2D eigenvalue weighted by Gasteiger charge is 2.04. The third-order valence-electron chi connectivity index (χ3n) is 2.78. The topological polar surface area (TPSA) is 0 Å². The average molecular weight is 272 g/mol. The van der Waals surface area contributed by atoms with Crippen LogP contribution in [0.3, 0.4) is 0 Å². The molecule has 0 fully saturated rings. The van der Waals surface area contributed by atoms with E-state index in [-0.39, 0.29) is 0 Å². The lowest BCUT2D eigenvalue weighted by atomic mass is 10.1. The average Bonchev–Trinajstić information content (AvgIpc) is 2.81. The molecule has 19 heavy (non-hydrogen) atoms. The van der Waals surface area contributed by atoms with Crippen LogP contribution in [0.5, 0.6) is 0 Å². The van der Waals surface area contributed by atoms with Gasteiger partial charge in [0.05, 0.1) is 0 Å². The summed E-state index contributed by atoms with van der Waals surface area (Å²) < 4.78 is 2.78. The third-order valence-corrected chi connectivity index (χ3v) is 3.93. The Hall–Kier alpha value is -1.34. The normalized spacial score (nSPS) is 9.58. The first-order valence-corrected chi connectivity index (χ1v) is 7.95. The van der Waals surface area contributed by atoms with Gasteiger partial charge in [0.1, 0.15) is 0 Å². The first-order valence-electron chi connectivity index (χ1n) is 7.13. The molecule has 0 nitrogen and oxygen atoms in total. The Morgan fingerprint density at radius 3 is 1.37 bits per heavy atom. The Morgan fingerprint density at radius 1 is 0.632 bits per heavy atom. The van der Waals surface area contributed by atoms with Gasteiger partial charge in [-0.25, -0.2) is 0 Å². The molecule has 0 aliphatic carbocycles. The Morgan fingerprint density at radius 2 is 1.00 bits per heavy atom. The number of benzene rings is 2. The first kappa shape index (κ1) is 15.7. The highest BCUT2D eigenvalue weighted by atomic mass is 32.1. The molecule has 0 spiro atoms. The molecule has 0 saturated heterocycles. The van der Waals surface area contributed by atoms with Crippen LogP contribution < -0.4 is 0 Å². The van der Waals surface area contributed by atoms with Crippen LogP contribution >= 0.6 is 11.3 Å². The van der Waals surface area contributed by atoms with Crippen molar-refractivity contribution in [3.05, 3.63) is 47.5 Å². The fraction of sp³-hybridized carbons (Fsp3) is 0.333. The van der Waals surface area contributed by atoms with Gasteiger partial charge in [0, 0.05) is 20.2 Å². The van der Waals surface area contributed by atoms with Crippen molar-refractivity contribution in [2.45, 2.75) is 41.5 Å². The Bertz CT molecular complexity index is 591. The molecule has 0 aliphatic rings. The predicted octanol–water partition coefficient (Wildman–Crippen LogP) is 6.72. The highest BCUT2D eigenvalue weighted by molar-refractivity contribution is 7.25. The summed E-state index contributed by atoms with van der Waals surface area (Å²) in [4.78, 5) is 0. The van der Waals surface area contributed by atoms with E-state index in [0.29, 0.717) is 0 Å². The lowest BCUT2D eigenvalue weighted by Gasteiger charge is -1.95. The van der Waals surface area contributed by atoms with Gasteiger partial charge in [-0.3, -0.25) is 0 Å². The summed E-state index contributed by atoms with van der Waals surface area (Å²) in [5.41, 5.74) is 2.67. The smallest absolute Gasteiger partial charge is 0.0355 e. The van der Waals surface area contributed by atoms with E-state index >= 15 is 0 Å². The summed E-state index contributed by atoms with van der Waals surface area (Å²) in [6, 6.07) is 13.4. The van der Waals surface area contributed by atoms with E-state index in [2.05, 4.69) is 50.2 Å². The molecule has 0 unspecified atom stereocenters. The summed E-state index contributed by atoms with van der Waals surface area (Å²) in [6.07, 6.45) is 0. The minimum absolute atomic E-state index is 1.34. The van der Waals surface area contributed by atoms with E-state index in [9.17, 15) is 0 Å². The zero-order valence-corrected chi connectivity index (χ0v) is 13.7. The second-order valence-corrected chi connectivity index (χ2v) is 5.19. The second-order valence-electron chi connectivity index (χ2n) is 4.10. The molecule has 0 radical (unpaired) electrons. The van der Waals surface area contributed by atoms with E-state index in [1.54, 1.807) is 0 Å². The number of thiophene rings is 1. The molecule has 102 valence electrons. The number of hydrogen-bond acceptors (Lipinski definition) is 1. The Labute approximate surface area is 121 Å². The van der Waals surface area contributed by atoms with Crippen molar-refractivity contribution in [2.24, 2.45) is 0 Å². The monoisotopic (exact) mass is 272 g/mol. The van der Waals surface area contributed by atoms with Crippen LogP contribution in [0.2, 0.25) is 0 Å². The van der Waals surface area contributed by atoms with Crippen molar-refractivity contribution >= 4 is 31.5 Å². The maximum absolute atomic E-state index is 2.29. The summed E-state index contributed by atoms with van der Waals surface area (Å²) in [6.45, 7) is 12.3. The largest absolute Gasteiger partial charge is 0.135 e. The third kappa shape index (κ3) is 3.36. The van der Waals surface area contributed by atoms with Crippen LogP contribution in [-0.2, 0) is 0 Å². The van der Waals surface area contributed by atoms with Gasteiger partial charge in [0.15, 0.2) is 0 Å². The maximum atomic E-state index is 2.29. The SMILES string of the molecule is CC.CC.Cc1ccc2sc3ccc(C)cc3c2c1. The number of aryl methyl sites for hydroxylation is 2. The van der Waals surface area contributed by atoms with Crippen LogP contribution in [0, 0.1) is 13.8 Å². The van der Waals surface area contributed by atoms with Crippen LogP contribution in [0.15, 0.2) is 36.4 Å². The van der Waals surface area contributed by atoms with Crippen molar-refractivity contribution in [3.8, 4) is 0 Å². The fourth-order valence-corrected chi connectivity index (χ4v) is 3.07. The first-order chi connectivity index (χ1) is 9.24. The molecule has 1 aromatic heterocycles. The molecule has 0 atom stereocenters. The van der Waals surface area contributed by atoms with E-state index in [1.807, 2.05) is 39.0 Å². The molecule has 3 aromatic rings. The van der Waals surface area contributed by atoms with Crippen LogP contribution in [0.1, 0.15) is 38.8 Å². The molecular formula is C18H24S. The molecular weight excluding hydrogens is 248 g/mol. The Kier molecular flexibility index (Phi) is 6.04. The van der Waals surface area contributed by atoms with E-state index in [4.69, 9.17) is 0 Å². The molecule has 3 rings (SSSR count). The maximum Gasteiger partial charge on any atom is 0.0355 e. The van der Waals surface area contributed by atoms with Gasteiger partial charge in [-0.05, 0) is 38.1 Å². The van der Waals surface area contributed by atoms with Gasteiger partial charge < -0.3 is 0 Å². The number of fused-ring (bicyclic) bond motifs is 3. The van der Waals surface area contributed by atoms with Crippen LogP contribution in [0.4, 0.5) is 0 Å². The zero-order chi connectivity index (χ0) is 14.4. The van der Waals surface area contributed by atoms with Crippen LogP contribution in [0.25, 0.3) is 20.2 Å². The molecule has 0 amide bonds. The summed E-state index contributed by atoms with van der Waals surface area (Å²) in [5, 5.41) is 2.80. The summed E-state index contributed by atoms with van der Waals surface area (Å²) in [5.74, 6) is 0. The van der Waals surface area contributed by atoms with Gasteiger partial charge in [0.25, 0.3) is 0 Å². The van der Waals surface area contributed by atoms with E-state index in [1.165, 1.54) is 31.3 Å².